The number of aryl methyl sites for hydroxylation is 1. The van der Waals surface area contributed by atoms with Crippen LogP contribution in [-0.2, 0) is 6.54 Å². The standard InChI is InChI=1S/C18H19N3/c1-14-7-9-15(10-8-14)18-12-20-13-21(18)17-6-4-3-5-16(17)11-19-2/h3-10,12-13,19H,11H2,1-2H3. The van der Waals surface area contributed by atoms with E-state index in [1.54, 1.807) is 0 Å². The van der Waals surface area contributed by atoms with Gasteiger partial charge >= 0.3 is 0 Å². The van der Waals surface area contributed by atoms with E-state index in [9.17, 15) is 0 Å². The minimum atomic E-state index is 0.835. The second-order valence-electron chi connectivity index (χ2n) is 5.17. The Hall–Kier alpha value is -2.39. The van der Waals surface area contributed by atoms with Crippen LogP contribution in [0.3, 0.4) is 0 Å². The lowest BCUT2D eigenvalue weighted by atomic mass is 10.1. The van der Waals surface area contributed by atoms with Crippen molar-refractivity contribution < 1.29 is 0 Å². The number of nitrogens with one attached hydrogen (secondary N) is 1. The lowest BCUT2D eigenvalue weighted by molar-refractivity contribution is 0.808. The smallest absolute Gasteiger partial charge is 0.0997 e. The van der Waals surface area contributed by atoms with Crippen molar-refractivity contribution in [3.63, 3.8) is 0 Å². The number of para-hydroxylation sites is 1. The van der Waals surface area contributed by atoms with Crippen molar-refractivity contribution in [2.45, 2.75) is 13.5 Å². The minimum absolute atomic E-state index is 0.835. The Morgan fingerprint density at radius 2 is 1.81 bits per heavy atom. The average Bonchev–Trinajstić information content (AvgIpc) is 2.98. The molecular formula is C18H19N3. The van der Waals surface area contributed by atoms with Crippen LogP contribution >= 0.6 is 0 Å². The Labute approximate surface area is 125 Å². The zero-order valence-corrected chi connectivity index (χ0v) is 12.4. The summed E-state index contributed by atoms with van der Waals surface area (Å²) >= 11 is 0. The fourth-order valence-electron chi connectivity index (χ4n) is 2.51. The molecule has 1 heterocycles. The topological polar surface area (TPSA) is 29.9 Å². The van der Waals surface area contributed by atoms with Crippen molar-refractivity contribution in [3.05, 3.63) is 72.2 Å². The first-order valence-corrected chi connectivity index (χ1v) is 7.12. The maximum atomic E-state index is 4.34. The van der Waals surface area contributed by atoms with Gasteiger partial charge in [0, 0.05) is 12.1 Å². The second kappa shape index (κ2) is 5.94. The van der Waals surface area contributed by atoms with Crippen molar-refractivity contribution in [1.82, 2.24) is 14.9 Å². The van der Waals surface area contributed by atoms with Gasteiger partial charge in [-0.1, -0.05) is 48.0 Å². The van der Waals surface area contributed by atoms with Gasteiger partial charge in [0.05, 0.1) is 23.9 Å². The lowest BCUT2D eigenvalue weighted by Gasteiger charge is -2.13. The molecule has 0 fully saturated rings. The molecule has 3 aromatic rings. The van der Waals surface area contributed by atoms with Gasteiger partial charge in [-0.2, -0.15) is 0 Å². The zero-order valence-electron chi connectivity index (χ0n) is 12.4. The molecule has 0 bridgehead atoms. The highest BCUT2D eigenvalue weighted by molar-refractivity contribution is 5.63. The summed E-state index contributed by atoms with van der Waals surface area (Å²) in [6, 6.07) is 17.0. The summed E-state index contributed by atoms with van der Waals surface area (Å²) in [4.78, 5) is 4.34. The maximum absolute atomic E-state index is 4.34. The normalized spacial score (nSPS) is 10.8. The third-order valence-electron chi connectivity index (χ3n) is 3.60. The Morgan fingerprint density at radius 1 is 1.05 bits per heavy atom. The van der Waals surface area contributed by atoms with E-state index in [1.807, 2.05) is 19.6 Å². The van der Waals surface area contributed by atoms with Gasteiger partial charge in [-0.05, 0) is 25.6 Å². The number of benzene rings is 2. The number of hydrogen-bond acceptors (Lipinski definition) is 2. The maximum Gasteiger partial charge on any atom is 0.0997 e. The molecule has 0 atom stereocenters. The first kappa shape index (κ1) is 13.6. The molecule has 0 radical (unpaired) electrons. The Kier molecular flexibility index (Phi) is 3.84. The van der Waals surface area contributed by atoms with Gasteiger partial charge in [0.1, 0.15) is 0 Å². The molecule has 1 N–H and O–H groups in total. The summed E-state index contributed by atoms with van der Waals surface area (Å²) in [6.45, 7) is 2.94. The quantitative estimate of drug-likeness (QED) is 0.790. The molecule has 3 rings (SSSR count). The second-order valence-corrected chi connectivity index (χ2v) is 5.17. The molecule has 3 heteroatoms. The van der Waals surface area contributed by atoms with Crippen molar-refractivity contribution in [2.24, 2.45) is 0 Å². The third kappa shape index (κ3) is 2.73. The number of imidazole rings is 1. The van der Waals surface area contributed by atoms with E-state index >= 15 is 0 Å². The molecule has 0 unspecified atom stereocenters. The minimum Gasteiger partial charge on any atom is -0.316 e. The highest BCUT2D eigenvalue weighted by atomic mass is 15.1. The summed E-state index contributed by atoms with van der Waals surface area (Å²) in [5.41, 5.74) is 5.97. The van der Waals surface area contributed by atoms with Crippen LogP contribution < -0.4 is 5.32 Å². The molecule has 0 saturated carbocycles. The summed E-state index contributed by atoms with van der Waals surface area (Å²) in [6.07, 6.45) is 3.80. The summed E-state index contributed by atoms with van der Waals surface area (Å²) in [5.74, 6) is 0. The predicted octanol–water partition coefficient (Wildman–Crippen LogP) is 3.57. The van der Waals surface area contributed by atoms with E-state index in [0.29, 0.717) is 0 Å². The average molecular weight is 277 g/mol. The van der Waals surface area contributed by atoms with Crippen LogP contribution in [0.25, 0.3) is 16.9 Å². The molecule has 1 aromatic heterocycles. The lowest BCUT2D eigenvalue weighted by Crippen LogP contribution is -2.09. The molecule has 106 valence electrons. The van der Waals surface area contributed by atoms with Gasteiger partial charge in [0.2, 0.25) is 0 Å². The van der Waals surface area contributed by atoms with Gasteiger partial charge in [-0.3, -0.25) is 4.57 Å². The largest absolute Gasteiger partial charge is 0.316 e. The number of rotatable bonds is 4. The predicted molar refractivity (Wildman–Crippen MR) is 86.5 cm³/mol. The highest BCUT2D eigenvalue weighted by Crippen LogP contribution is 2.24. The molecule has 0 aliphatic carbocycles. The van der Waals surface area contributed by atoms with Crippen LogP contribution in [0.15, 0.2) is 61.1 Å². The van der Waals surface area contributed by atoms with Crippen LogP contribution in [0.5, 0.6) is 0 Å². The molecule has 3 nitrogen and oxygen atoms in total. The summed E-state index contributed by atoms with van der Waals surface area (Å²) in [7, 11) is 1.96. The molecule has 0 aliphatic rings. The SMILES string of the molecule is CNCc1ccccc1-n1cncc1-c1ccc(C)cc1. The van der Waals surface area contributed by atoms with Gasteiger partial charge < -0.3 is 5.32 Å². The third-order valence-corrected chi connectivity index (χ3v) is 3.60. The van der Waals surface area contributed by atoms with Crippen molar-refractivity contribution >= 4 is 0 Å². The summed E-state index contributed by atoms with van der Waals surface area (Å²) in [5, 5.41) is 3.22. The van der Waals surface area contributed by atoms with Crippen molar-refractivity contribution in [1.29, 1.82) is 0 Å². The molecule has 0 aliphatic heterocycles. The van der Waals surface area contributed by atoms with Crippen LogP contribution in [0.1, 0.15) is 11.1 Å². The van der Waals surface area contributed by atoms with Gasteiger partial charge in [0.25, 0.3) is 0 Å². The van der Waals surface area contributed by atoms with Crippen molar-refractivity contribution in [3.8, 4) is 16.9 Å². The number of nitrogens with zero attached hydrogens (tertiary/aromatic N) is 2. The Bertz CT molecular complexity index is 726. The van der Waals surface area contributed by atoms with E-state index < -0.39 is 0 Å². The summed E-state index contributed by atoms with van der Waals surface area (Å²) < 4.78 is 2.15. The molecule has 0 amide bonds. The molecule has 21 heavy (non-hydrogen) atoms. The van der Waals surface area contributed by atoms with Crippen LogP contribution in [0, 0.1) is 6.92 Å². The van der Waals surface area contributed by atoms with Gasteiger partial charge in [-0.25, -0.2) is 4.98 Å². The monoisotopic (exact) mass is 277 g/mol. The first-order chi connectivity index (χ1) is 10.3. The van der Waals surface area contributed by atoms with E-state index in [1.165, 1.54) is 22.4 Å². The van der Waals surface area contributed by atoms with Crippen molar-refractivity contribution in [2.75, 3.05) is 7.05 Å². The number of aromatic nitrogens is 2. The van der Waals surface area contributed by atoms with E-state index in [2.05, 4.69) is 70.3 Å². The van der Waals surface area contributed by atoms with E-state index in [4.69, 9.17) is 0 Å². The van der Waals surface area contributed by atoms with Crippen LogP contribution in [0.4, 0.5) is 0 Å². The van der Waals surface area contributed by atoms with Crippen LogP contribution in [-0.4, -0.2) is 16.6 Å². The highest BCUT2D eigenvalue weighted by Gasteiger charge is 2.09. The fourth-order valence-corrected chi connectivity index (χ4v) is 2.51. The molecular weight excluding hydrogens is 258 g/mol. The number of hydrogen-bond donors (Lipinski definition) is 1. The molecule has 0 spiro atoms. The zero-order chi connectivity index (χ0) is 14.7. The first-order valence-electron chi connectivity index (χ1n) is 7.12. The van der Waals surface area contributed by atoms with Crippen LogP contribution in [0.2, 0.25) is 0 Å². The molecule has 2 aromatic carbocycles. The Balaban J connectivity index is 2.09. The van der Waals surface area contributed by atoms with Gasteiger partial charge in [-0.15, -0.1) is 0 Å². The Morgan fingerprint density at radius 3 is 2.57 bits per heavy atom. The molecule has 0 saturated heterocycles. The van der Waals surface area contributed by atoms with E-state index in [-0.39, 0.29) is 0 Å². The van der Waals surface area contributed by atoms with E-state index in [0.717, 1.165) is 12.2 Å². The van der Waals surface area contributed by atoms with Gasteiger partial charge in [0.15, 0.2) is 0 Å². The fraction of sp³-hybridized carbons (Fsp3) is 0.167.